The Hall–Kier alpha value is -2.07. The molecule has 0 saturated carbocycles. The summed E-state index contributed by atoms with van der Waals surface area (Å²) in [5, 5.41) is 11.8. The van der Waals surface area contributed by atoms with Crippen molar-refractivity contribution in [2.75, 3.05) is 13.7 Å². The van der Waals surface area contributed by atoms with Crippen molar-refractivity contribution in [3.63, 3.8) is 0 Å². The van der Waals surface area contributed by atoms with Crippen LogP contribution in [0.5, 0.6) is 5.75 Å². The Balaban J connectivity index is 2.70. The smallest absolute Gasteiger partial charge is 0.337 e. The van der Waals surface area contributed by atoms with Gasteiger partial charge in [-0.15, -0.1) is 0 Å². The average Bonchev–Trinajstić information content (AvgIpc) is 2.52. The molecule has 0 aromatic heterocycles. The number of nitriles is 1. The normalized spacial score (nSPS) is 12.9. The highest BCUT2D eigenvalue weighted by Gasteiger charge is 2.30. The summed E-state index contributed by atoms with van der Waals surface area (Å²) in [6.07, 6.45) is 0. The van der Waals surface area contributed by atoms with Crippen molar-refractivity contribution in [3.05, 3.63) is 28.2 Å². The standard InChI is InChI=1S/C16H19BrN2O4/c1-10(2)16(3,9-18)19-14(20)8-23-13-6-5-11(7-12(13)17)15(21)22-4/h5-7,10H,8H2,1-4H3,(H,19,20). The molecule has 0 spiro atoms. The zero-order valence-corrected chi connectivity index (χ0v) is 15.1. The van der Waals surface area contributed by atoms with Crippen molar-refractivity contribution in [1.82, 2.24) is 5.32 Å². The van der Waals surface area contributed by atoms with Crippen molar-refractivity contribution in [1.29, 1.82) is 5.26 Å². The molecule has 1 N–H and O–H groups in total. The monoisotopic (exact) mass is 382 g/mol. The lowest BCUT2D eigenvalue weighted by atomic mass is 9.90. The van der Waals surface area contributed by atoms with Crippen LogP contribution in [-0.4, -0.2) is 31.1 Å². The van der Waals surface area contributed by atoms with Gasteiger partial charge in [0.25, 0.3) is 5.91 Å². The van der Waals surface area contributed by atoms with E-state index in [0.29, 0.717) is 15.8 Å². The number of nitrogens with one attached hydrogen (secondary N) is 1. The van der Waals surface area contributed by atoms with Gasteiger partial charge >= 0.3 is 5.97 Å². The van der Waals surface area contributed by atoms with Crippen molar-refractivity contribution in [2.24, 2.45) is 5.92 Å². The molecule has 0 radical (unpaired) electrons. The number of rotatable bonds is 6. The number of amides is 1. The Morgan fingerprint density at radius 2 is 2.09 bits per heavy atom. The molecule has 0 saturated heterocycles. The maximum absolute atomic E-state index is 12.0. The van der Waals surface area contributed by atoms with Crippen LogP contribution in [0.1, 0.15) is 31.1 Å². The summed E-state index contributed by atoms with van der Waals surface area (Å²) in [7, 11) is 1.30. The van der Waals surface area contributed by atoms with Gasteiger partial charge in [-0.25, -0.2) is 4.79 Å². The Morgan fingerprint density at radius 1 is 1.43 bits per heavy atom. The highest BCUT2D eigenvalue weighted by atomic mass is 79.9. The van der Waals surface area contributed by atoms with E-state index in [1.54, 1.807) is 19.1 Å². The predicted molar refractivity (Wildman–Crippen MR) is 88.0 cm³/mol. The van der Waals surface area contributed by atoms with Gasteiger partial charge < -0.3 is 14.8 Å². The lowest BCUT2D eigenvalue weighted by Gasteiger charge is -2.27. The number of carbonyl (C=O) groups excluding carboxylic acids is 2. The van der Waals surface area contributed by atoms with Crippen LogP contribution in [0, 0.1) is 17.2 Å². The van der Waals surface area contributed by atoms with Crippen LogP contribution < -0.4 is 10.1 Å². The number of methoxy groups -OCH3 is 1. The fourth-order valence-electron chi connectivity index (χ4n) is 1.63. The number of carbonyl (C=O) groups is 2. The number of hydrogen-bond acceptors (Lipinski definition) is 5. The van der Waals surface area contributed by atoms with Crippen molar-refractivity contribution >= 4 is 27.8 Å². The lowest BCUT2D eigenvalue weighted by molar-refractivity contribution is -0.124. The third-order valence-corrected chi connectivity index (χ3v) is 4.12. The molecule has 6 nitrogen and oxygen atoms in total. The first-order valence-electron chi connectivity index (χ1n) is 6.96. The van der Waals surface area contributed by atoms with E-state index in [4.69, 9.17) is 4.74 Å². The fraction of sp³-hybridized carbons (Fsp3) is 0.438. The minimum absolute atomic E-state index is 0.0393. The fourth-order valence-corrected chi connectivity index (χ4v) is 2.13. The summed E-state index contributed by atoms with van der Waals surface area (Å²) < 4.78 is 10.6. The third kappa shape index (κ3) is 4.96. The van der Waals surface area contributed by atoms with Gasteiger partial charge in [0.15, 0.2) is 6.61 Å². The summed E-state index contributed by atoms with van der Waals surface area (Å²) in [6.45, 7) is 5.13. The third-order valence-electron chi connectivity index (χ3n) is 3.50. The summed E-state index contributed by atoms with van der Waals surface area (Å²) in [5.41, 5.74) is -0.583. The van der Waals surface area contributed by atoms with E-state index in [0.717, 1.165) is 0 Å². The molecular formula is C16H19BrN2O4. The molecule has 1 aromatic rings. The molecule has 1 unspecified atom stereocenters. The molecule has 1 atom stereocenters. The first-order valence-corrected chi connectivity index (χ1v) is 7.75. The predicted octanol–water partition coefficient (Wildman–Crippen LogP) is 2.67. The van der Waals surface area contributed by atoms with Crippen LogP contribution in [0.3, 0.4) is 0 Å². The highest BCUT2D eigenvalue weighted by Crippen LogP contribution is 2.26. The molecular weight excluding hydrogens is 364 g/mol. The highest BCUT2D eigenvalue weighted by molar-refractivity contribution is 9.10. The van der Waals surface area contributed by atoms with E-state index in [1.807, 2.05) is 13.8 Å². The second-order valence-corrected chi connectivity index (χ2v) is 6.30. The Labute approximate surface area is 143 Å². The Bertz CT molecular complexity index is 639. The van der Waals surface area contributed by atoms with E-state index in [1.165, 1.54) is 13.2 Å². The van der Waals surface area contributed by atoms with Crippen LogP contribution in [-0.2, 0) is 9.53 Å². The van der Waals surface area contributed by atoms with Gasteiger partial charge in [-0.3, -0.25) is 4.79 Å². The summed E-state index contributed by atoms with van der Waals surface area (Å²) >= 11 is 3.28. The van der Waals surface area contributed by atoms with Crippen LogP contribution in [0.4, 0.5) is 0 Å². The molecule has 7 heteroatoms. The summed E-state index contributed by atoms with van der Waals surface area (Å²) in [4.78, 5) is 23.4. The molecule has 0 fully saturated rings. The molecule has 0 aliphatic carbocycles. The van der Waals surface area contributed by atoms with E-state index >= 15 is 0 Å². The lowest BCUT2D eigenvalue weighted by Crippen LogP contribution is -2.50. The quantitative estimate of drug-likeness (QED) is 0.763. The molecule has 0 aliphatic rings. The minimum atomic E-state index is -0.952. The van der Waals surface area contributed by atoms with Gasteiger partial charge in [0, 0.05) is 0 Å². The van der Waals surface area contributed by atoms with E-state index in [2.05, 4.69) is 32.1 Å². The van der Waals surface area contributed by atoms with E-state index in [-0.39, 0.29) is 12.5 Å². The number of nitrogens with zero attached hydrogens (tertiary/aromatic N) is 1. The van der Waals surface area contributed by atoms with Gasteiger partial charge in [-0.05, 0) is 47.0 Å². The van der Waals surface area contributed by atoms with Crippen LogP contribution >= 0.6 is 15.9 Å². The second kappa shape index (κ2) is 7.97. The second-order valence-electron chi connectivity index (χ2n) is 5.44. The molecule has 124 valence electrons. The Kier molecular flexibility index (Phi) is 6.58. The van der Waals surface area contributed by atoms with Crippen molar-refractivity contribution < 1.29 is 19.1 Å². The van der Waals surface area contributed by atoms with Crippen LogP contribution in [0.2, 0.25) is 0 Å². The van der Waals surface area contributed by atoms with E-state index in [9.17, 15) is 14.9 Å². The largest absolute Gasteiger partial charge is 0.483 e. The number of esters is 1. The maximum atomic E-state index is 12.0. The zero-order valence-electron chi connectivity index (χ0n) is 13.5. The molecule has 0 aliphatic heterocycles. The maximum Gasteiger partial charge on any atom is 0.337 e. The number of halogens is 1. The van der Waals surface area contributed by atoms with Crippen molar-refractivity contribution in [3.8, 4) is 11.8 Å². The number of benzene rings is 1. The van der Waals surface area contributed by atoms with E-state index < -0.39 is 17.4 Å². The number of ether oxygens (including phenoxy) is 2. The van der Waals surface area contributed by atoms with Crippen LogP contribution in [0.25, 0.3) is 0 Å². The number of hydrogen-bond donors (Lipinski definition) is 1. The van der Waals surface area contributed by atoms with Gasteiger partial charge in [0.2, 0.25) is 0 Å². The first kappa shape index (κ1) is 19.0. The van der Waals surface area contributed by atoms with Gasteiger partial charge in [-0.1, -0.05) is 13.8 Å². The SMILES string of the molecule is COC(=O)c1ccc(OCC(=O)NC(C)(C#N)C(C)C)c(Br)c1. The van der Waals surface area contributed by atoms with Gasteiger partial charge in [0.1, 0.15) is 11.3 Å². The summed E-state index contributed by atoms with van der Waals surface area (Å²) in [5.74, 6) is -0.484. The molecule has 0 heterocycles. The topological polar surface area (TPSA) is 88.4 Å². The molecule has 1 aromatic carbocycles. The molecule has 23 heavy (non-hydrogen) atoms. The molecule has 1 rings (SSSR count). The average molecular weight is 383 g/mol. The minimum Gasteiger partial charge on any atom is -0.483 e. The van der Waals surface area contributed by atoms with Crippen LogP contribution in [0.15, 0.2) is 22.7 Å². The van der Waals surface area contributed by atoms with Crippen molar-refractivity contribution in [2.45, 2.75) is 26.3 Å². The van der Waals surface area contributed by atoms with Gasteiger partial charge in [-0.2, -0.15) is 5.26 Å². The molecule has 0 bridgehead atoms. The zero-order chi connectivity index (χ0) is 17.6. The van der Waals surface area contributed by atoms with Gasteiger partial charge in [0.05, 0.1) is 23.2 Å². The first-order chi connectivity index (χ1) is 10.7. The molecule has 1 amide bonds. The summed E-state index contributed by atoms with van der Waals surface area (Å²) in [6, 6.07) is 6.75. The Morgan fingerprint density at radius 3 is 2.57 bits per heavy atom.